The van der Waals surface area contributed by atoms with Gasteiger partial charge in [-0.05, 0) is 29.7 Å². The topological polar surface area (TPSA) is 65.1 Å². The zero-order chi connectivity index (χ0) is 16.4. The number of thiocarbonyl (C=S) groups is 1. The molecule has 0 saturated carbocycles. The summed E-state index contributed by atoms with van der Waals surface area (Å²) in [6.45, 7) is 0.677. The molecule has 23 heavy (non-hydrogen) atoms. The highest BCUT2D eigenvalue weighted by Gasteiger charge is 2.26. The standard InChI is InChI=1S/C16H17NO5S/c1-20-16(19)8-11-7-13-12(21-9-22-13)6-10(11)4-5-17-14(18)2-3-15(17)23/h6-7H,2-5,8-9H2,1H3. The van der Waals surface area contributed by atoms with Crippen LogP contribution in [0.25, 0.3) is 0 Å². The van der Waals surface area contributed by atoms with Crippen molar-refractivity contribution in [3.63, 3.8) is 0 Å². The highest BCUT2D eigenvalue weighted by molar-refractivity contribution is 7.80. The Morgan fingerprint density at radius 2 is 1.96 bits per heavy atom. The Kier molecular flexibility index (Phi) is 4.47. The third kappa shape index (κ3) is 3.29. The first-order chi connectivity index (χ1) is 11.1. The lowest BCUT2D eigenvalue weighted by Crippen LogP contribution is -2.30. The molecule has 122 valence electrons. The van der Waals surface area contributed by atoms with Crippen molar-refractivity contribution in [3.05, 3.63) is 23.3 Å². The summed E-state index contributed by atoms with van der Waals surface area (Å²) in [5.74, 6) is 1.02. The Labute approximate surface area is 139 Å². The molecule has 1 saturated heterocycles. The molecule has 3 rings (SSSR count). The van der Waals surface area contributed by atoms with Crippen molar-refractivity contribution in [2.24, 2.45) is 0 Å². The summed E-state index contributed by atoms with van der Waals surface area (Å²) < 4.78 is 15.5. The van der Waals surface area contributed by atoms with Crippen LogP contribution in [0.2, 0.25) is 0 Å². The fraction of sp³-hybridized carbons (Fsp3) is 0.438. The van der Waals surface area contributed by atoms with Crippen LogP contribution < -0.4 is 9.47 Å². The minimum Gasteiger partial charge on any atom is -0.469 e. The van der Waals surface area contributed by atoms with Gasteiger partial charge in [0.15, 0.2) is 11.5 Å². The first-order valence-corrected chi connectivity index (χ1v) is 7.80. The molecule has 0 bridgehead atoms. The lowest BCUT2D eigenvalue weighted by molar-refractivity contribution is -0.139. The van der Waals surface area contributed by atoms with E-state index in [-0.39, 0.29) is 25.1 Å². The number of methoxy groups -OCH3 is 1. The second kappa shape index (κ2) is 6.54. The molecule has 2 aliphatic rings. The third-order valence-electron chi connectivity index (χ3n) is 4.02. The van der Waals surface area contributed by atoms with Crippen molar-refractivity contribution in [2.45, 2.75) is 25.7 Å². The number of esters is 1. The first-order valence-electron chi connectivity index (χ1n) is 7.40. The number of rotatable bonds is 5. The average Bonchev–Trinajstić information content (AvgIpc) is 3.11. The highest BCUT2D eigenvalue weighted by atomic mass is 32.1. The fourth-order valence-electron chi connectivity index (χ4n) is 2.76. The minimum atomic E-state index is -0.321. The van der Waals surface area contributed by atoms with Gasteiger partial charge in [0.1, 0.15) is 0 Å². The molecule has 0 spiro atoms. The second-order valence-corrected chi connectivity index (χ2v) is 5.89. The summed E-state index contributed by atoms with van der Waals surface area (Å²) in [6.07, 6.45) is 1.87. The van der Waals surface area contributed by atoms with Crippen LogP contribution in [0.3, 0.4) is 0 Å². The van der Waals surface area contributed by atoms with E-state index in [1.165, 1.54) is 7.11 Å². The van der Waals surface area contributed by atoms with E-state index in [0.717, 1.165) is 11.1 Å². The van der Waals surface area contributed by atoms with Gasteiger partial charge in [-0.1, -0.05) is 12.2 Å². The van der Waals surface area contributed by atoms with Crippen LogP contribution >= 0.6 is 12.2 Å². The largest absolute Gasteiger partial charge is 0.469 e. The number of carbonyl (C=O) groups excluding carboxylic acids is 2. The molecular weight excluding hydrogens is 318 g/mol. The number of benzene rings is 1. The van der Waals surface area contributed by atoms with Crippen molar-refractivity contribution in [1.29, 1.82) is 0 Å². The van der Waals surface area contributed by atoms with Crippen LogP contribution in [0.5, 0.6) is 11.5 Å². The Morgan fingerprint density at radius 3 is 2.57 bits per heavy atom. The Morgan fingerprint density at radius 1 is 1.26 bits per heavy atom. The summed E-state index contributed by atoms with van der Waals surface area (Å²) in [5.41, 5.74) is 1.75. The smallest absolute Gasteiger partial charge is 0.309 e. The summed E-state index contributed by atoms with van der Waals surface area (Å²) in [4.78, 5) is 25.8. The Balaban J connectivity index is 1.80. The van der Waals surface area contributed by atoms with E-state index in [9.17, 15) is 9.59 Å². The van der Waals surface area contributed by atoms with E-state index >= 15 is 0 Å². The van der Waals surface area contributed by atoms with Crippen LogP contribution in [0.1, 0.15) is 24.0 Å². The number of fused-ring (bicyclic) bond motifs is 1. The molecule has 2 aliphatic heterocycles. The van der Waals surface area contributed by atoms with Crippen molar-refractivity contribution < 1.29 is 23.8 Å². The molecule has 7 heteroatoms. The van der Waals surface area contributed by atoms with Crippen LogP contribution in [0.4, 0.5) is 0 Å². The van der Waals surface area contributed by atoms with Crippen molar-refractivity contribution in [1.82, 2.24) is 4.90 Å². The van der Waals surface area contributed by atoms with Crippen LogP contribution in [0, 0.1) is 0 Å². The molecular formula is C16H17NO5S. The van der Waals surface area contributed by atoms with Crippen LogP contribution in [-0.4, -0.2) is 42.2 Å². The third-order valence-corrected chi connectivity index (χ3v) is 4.44. The Hall–Kier alpha value is -2.15. The number of ether oxygens (including phenoxy) is 3. The number of likely N-dealkylation sites (tertiary alicyclic amines) is 1. The summed E-state index contributed by atoms with van der Waals surface area (Å²) in [6, 6.07) is 3.67. The van der Waals surface area contributed by atoms with Gasteiger partial charge in [-0.25, -0.2) is 0 Å². The van der Waals surface area contributed by atoms with Crippen molar-refractivity contribution >= 4 is 29.1 Å². The maximum absolute atomic E-state index is 11.8. The first kappa shape index (κ1) is 15.7. The van der Waals surface area contributed by atoms with Gasteiger partial charge >= 0.3 is 5.97 Å². The molecule has 1 fully saturated rings. The number of amides is 1. The lowest BCUT2D eigenvalue weighted by atomic mass is 10.0. The van der Waals surface area contributed by atoms with Gasteiger partial charge in [0, 0.05) is 19.4 Å². The molecule has 1 aromatic rings. The van der Waals surface area contributed by atoms with Gasteiger partial charge in [0.2, 0.25) is 12.7 Å². The Bertz CT molecular complexity index is 657. The number of hydrogen-bond donors (Lipinski definition) is 0. The molecule has 0 atom stereocenters. The molecule has 2 heterocycles. The summed E-state index contributed by atoms with van der Waals surface area (Å²) in [5, 5.41) is 0. The molecule has 0 unspecified atom stereocenters. The van der Waals surface area contributed by atoms with E-state index in [0.29, 0.717) is 42.3 Å². The monoisotopic (exact) mass is 335 g/mol. The predicted molar refractivity (Wildman–Crippen MR) is 85.5 cm³/mol. The minimum absolute atomic E-state index is 0.0604. The van der Waals surface area contributed by atoms with Gasteiger partial charge in [-0.3, -0.25) is 9.59 Å². The van der Waals surface area contributed by atoms with Crippen LogP contribution in [0.15, 0.2) is 12.1 Å². The lowest BCUT2D eigenvalue weighted by Gasteiger charge is -2.17. The molecule has 1 aromatic carbocycles. The number of nitrogens with zero attached hydrogens (tertiary/aromatic N) is 1. The highest BCUT2D eigenvalue weighted by Crippen LogP contribution is 2.35. The maximum atomic E-state index is 11.8. The summed E-state index contributed by atoms with van der Waals surface area (Å²) >= 11 is 5.22. The normalized spacial score (nSPS) is 16.1. The van der Waals surface area contributed by atoms with E-state index in [4.69, 9.17) is 26.4 Å². The maximum Gasteiger partial charge on any atom is 0.309 e. The van der Waals surface area contributed by atoms with Crippen molar-refractivity contribution in [3.8, 4) is 11.5 Å². The van der Waals surface area contributed by atoms with Gasteiger partial charge < -0.3 is 19.1 Å². The van der Waals surface area contributed by atoms with Gasteiger partial charge in [-0.2, -0.15) is 0 Å². The zero-order valence-electron chi connectivity index (χ0n) is 12.8. The van der Waals surface area contributed by atoms with Gasteiger partial charge in [-0.15, -0.1) is 0 Å². The van der Waals surface area contributed by atoms with Gasteiger partial charge in [0.25, 0.3) is 0 Å². The number of hydrogen-bond acceptors (Lipinski definition) is 6. The van der Waals surface area contributed by atoms with Gasteiger partial charge in [0.05, 0.1) is 18.5 Å². The SMILES string of the molecule is COC(=O)Cc1cc2c(cc1CCN1C(=O)CCC1=S)OCO2. The van der Waals surface area contributed by atoms with E-state index in [2.05, 4.69) is 0 Å². The molecule has 0 aromatic heterocycles. The molecule has 1 amide bonds. The molecule has 0 N–H and O–H groups in total. The zero-order valence-corrected chi connectivity index (χ0v) is 13.6. The van der Waals surface area contributed by atoms with E-state index in [1.807, 2.05) is 6.07 Å². The quantitative estimate of drug-likeness (QED) is 0.602. The fourth-order valence-corrected chi connectivity index (χ4v) is 3.05. The predicted octanol–water partition coefficient (Wildman–Crippen LogP) is 1.62. The molecule has 0 aliphatic carbocycles. The molecule has 6 nitrogen and oxygen atoms in total. The summed E-state index contributed by atoms with van der Waals surface area (Å²) in [7, 11) is 1.36. The second-order valence-electron chi connectivity index (χ2n) is 5.42. The van der Waals surface area contributed by atoms with E-state index < -0.39 is 0 Å². The molecule has 0 radical (unpaired) electrons. The van der Waals surface area contributed by atoms with Crippen LogP contribution in [-0.2, 0) is 27.2 Å². The van der Waals surface area contributed by atoms with E-state index in [1.54, 1.807) is 11.0 Å². The number of carbonyl (C=O) groups is 2. The van der Waals surface area contributed by atoms with Crippen molar-refractivity contribution in [2.75, 3.05) is 20.4 Å². The average molecular weight is 335 g/mol.